The van der Waals surface area contributed by atoms with Crippen LogP contribution in [-0.4, -0.2) is 41.0 Å². The Balaban J connectivity index is 1.38. The number of H-pyrrole nitrogens is 2. The summed E-state index contributed by atoms with van der Waals surface area (Å²) in [6.07, 6.45) is 10.6. The van der Waals surface area contributed by atoms with Gasteiger partial charge in [0, 0.05) is 40.9 Å². The van der Waals surface area contributed by atoms with Gasteiger partial charge in [0.1, 0.15) is 5.69 Å². The standard InChI is InChI=1S/C26H22N8O2/c1-14(2)7-22(35)30-17-8-16(10-27-11-17)20-9-19-21(12-29-20)33-34-24(19)26-31-23-18(15-4-6-36-13-15)3-5-28-25(23)32-26/h3-6,8-14H,7H2,1-2H3,(H,30,35)(H,33,34)(H,28,31,32). The summed E-state index contributed by atoms with van der Waals surface area (Å²) in [5.41, 5.74) is 6.79. The van der Waals surface area contributed by atoms with E-state index >= 15 is 0 Å². The van der Waals surface area contributed by atoms with Gasteiger partial charge in [0.2, 0.25) is 5.91 Å². The first-order chi connectivity index (χ1) is 17.5. The maximum atomic E-state index is 12.2. The average molecular weight is 479 g/mol. The first-order valence-corrected chi connectivity index (χ1v) is 11.5. The van der Waals surface area contributed by atoms with Crippen LogP contribution < -0.4 is 5.32 Å². The quantitative estimate of drug-likeness (QED) is 0.299. The topological polar surface area (TPSA) is 138 Å². The molecule has 6 rings (SSSR count). The number of aromatic amines is 2. The molecule has 36 heavy (non-hydrogen) atoms. The molecule has 0 saturated carbocycles. The number of hydrogen-bond acceptors (Lipinski definition) is 7. The SMILES string of the molecule is CC(C)CC(=O)Nc1cncc(-c2cc3c(-c4nc5nccc(-c6ccoc6)c5[nH]4)n[nH]c3cn2)c1. The summed E-state index contributed by atoms with van der Waals surface area (Å²) in [7, 11) is 0. The molecule has 0 fully saturated rings. The van der Waals surface area contributed by atoms with Gasteiger partial charge in [-0.2, -0.15) is 5.10 Å². The molecule has 6 aromatic rings. The molecule has 178 valence electrons. The molecule has 0 bridgehead atoms. The van der Waals surface area contributed by atoms with E-state index in [4.69, 9.17) is 4.42 Å². The summed E-state index contributed by atoms with van der Waals surface area (Å²) in [5.74, 6) is 0.816. The first-order valence-electron chi connectivity index (χ1n) is 11.5. The molecular weight excluding hydrogens is 456 g/mol. The maximum absolute atomic E-state index is 12.2. The molecule has 0 spiro atoms. The lowest BCUT2D eigenvalue weighted by molar-refractivity contribution is -0.116. The van der Waals surface area contributed by atoms with Crippen molar-refractivity contribution in [3.63, 3.8) is 0 Å². The van der Waals surface area contributed by atoms with E-state index in [2.05, 4.69) is 40.4 Å². The molecule has 10 nitrogen and oxygen atoms in total. The number of rotatable bonds is 6. The Kier molecular flexibility index (Phi) is 5.25. The lowest BCUT2D eigenvalue weighted by atomic mass is 10.1. The molecular formula is C26H22N8O2. The van der Waals surface area contributed by atoms with E-state index in [1.165, 1.54) is 0 Å². The van der Waals surface area contributed by atoms with Crippen molar-refractivity contribution < 1.29 is 9.21 Å². The van der Waals surface area contributed by atoms with Crippen LogP contribution >= 0.6 is 0 Å². The Labute approximate surface area is 205 Å². The van der Waals surface area contributed by atoms with Crippen molar-refractivity contribution in [2.75, 3.05) is 5.32 Å². The van der Waals surface area contributed by atoms with Crippen molar-refractivity contribution in [3.05, 3.63) is 61.6 Å². The van der Waals surface area contributed by atoms with Crippen LogP contribution in [0.3, 0.4) is 0 Å². The van der Waals surface area contributed by atoms with Gasteiger partial charge in [-0.1, -0.05) is 13.8 Å². The molecule has 0 unspecified atom stereocenters. The number of amides is 1. The fourth-order valence-electron chi connectivity index (χ4n) is 4.17. The van der Waals surface area contributed by atoms with Crippen LogP contribution in [0.5, 0.6) is 0 Å². The van der Waals surface area contributed by atoms with E-state index in [-0.39, 0.29) is 11.8 Å². The van der Waals surface area contributed by atoms with Crippen molar-refractivity contribution in [1.82, 2.24) is 35.1 Å². The molecule has 0 saturated heterocycles. The van der Waals surface area contributed by atoms with Gasteiger partial charge >= 0.3 is 0 Å². The monoisotopic (exact) mass is 478 g/mol. The number of anilines is 1. The number of furan rings is 1. The largest absolute Gasteiger partial charge is 0.472 e. The van der Waals surface area contributed by atoms with Crippen LogP contribution in [0.4, 0.5) is 5.69 Å². The number of aromatic nitrogens is 7. The molecule has 0 aliphatic carbocycles. The number of nitrogens with zero attached hydrogens (tertiary/aromatic N) is 5. The zero-order valence-electron chi connectivity index (χ0n) is 19.6. The lowest BCUT2D eigenvalue weighted by Crippen LogP contribution is -2.13. The summed E-state index contributed by atoms with van der Waals surface area (Å²) in [4.78, 5) is 33.5. The summed E-state index contributed by atoms with van der Waals surface area (Å²) in [6, 6.07) is 7.61. The Morgan fingerprint density at radius 3 is 2.86 bits per heavy atom. The van der Waals surface area contributed by atoms with Crippen LogP contribution in [0.25, 0.3) is 56.0 Å². The number of hydrogen-bond donors (Lipinski definition) is 3. The smallest absolute Gasteiger partial charge is 0.224 e. The van der Waals surface area contributed by atoms with Crippen LogP contribution in [-0.2, 0) is 4.79 Å². The van der Waals surface area contributed by atoms with Gasteiger partial charge < -0.3 is 14.7 Å². The van der Waals surface area contributed by atoms with Gasteiger partial charge in [-0.15, -0.1) is 0 Å². The van der Waals surface area contributed by atoms with Crippen molar-refractivity contribution >= 4 is 33.7 Å². The minimum atomic E-state index is -0.0437. The number of nitrogens with one attached hydrogen (secondary N) is 3. The van der Waals surface area contributed by atoms with E-state index in [9.17, 15) is 4.79 Å². The summed E-state index contributed by atoms with van der Waals surface area (Å²) >= 11 is 0. The van der Waals surface area contributed by atoms with E-state index in [1.54, 1.807) is 37.3 Å². The fourth-order valence-corrected chi connectivity index (χ4v) is 4.17. The second kappa shape index (κ2) is 8.73. The third-order valence-corrected chi connectivity index (χ3v) is 5.81. The average Bonchev–Trinajstić information content (AvgIpc) is 3.62. The third kappa shape index (κ3) is 3.98. The summed E-state index contributed by atoms with van der Waals surface area (Å²) in [6.45, 7) is 4.01. The third-order valence-electron chi connectivity index (χ3n) is 5.81. The Morgan fingerprint density at radius 2 is 2.03 bits per heavy atom. The maximum Gasteiger partial charge on any atom is 0.224 e. The molecule has 0 atom stereocenters. The van der Waals surface area contributed by atoms with Crippen LogP contribution in [0.1, 0.15) is 20.3 Å². The van der Waals surface area contributed by atoms with Gasteiger partial charge in [0.05, 0.1) is 47.3 Å². The molecule has 3 N–H and O–H groups in total. The van der Waals surface area contributed by atoms with E-state index in [1.807, 2.05) is 38.1 Å². The van der Waals surface area contributed by atoms with Crippen molar-refractivity contribution in [3.8, 4) is 33.9 Å². The van der Waals surface area contributed by atoms with Crippen molar-refractivity contribution in [1.29, 1.82) is 0 Å². The number of carbonyl (C=O) groups is 1. The highest BCUT2D eigenvalue weighted by molar-refractivity contribution is 5.97. The predicted molar refractivity (Wildman–Crippen MR) is 136 cm³/mol. The van der Waals surface area contributed by atoms with Crippen LogP contribution in [0.15, 0.2) is 66.0 Å². The lowest BCUT2D eigenvalue weighted by Gasteiger charge is -2.08. The molecule has 0 aromatic carbocycles. The fraction of sp³-hybridized carbons (Fsp3) is 0.154. The molecule has 6 heterocycles. The second-order valence-corrected chi connectivity index (χ2v) is 8.95. The summed E-state index contributed by atoms with van der Waals surface area (Å²) in [5, 5.41) is 11.3. The normalized spacial score (nSPS) is 11.5. The van der Waals surface area contributed by atoms with Crippen LogP contribution in [0, 0.1) is 5.92 Å². The molecule has 1 amide bonds. The molecule has 6 aromatic heterocycles. The highest BCUT2D eigenvalue weighted by Gasteiger charge is 2.17. The molecule has 10 heteroatoms. The van der Waals surface area contributed by atoms with Crippen molar-refractivity contribution in [2.45, 2.75) is 20.3 Å². The highest BCUT2D eigenvalue weighted by atomic mass is 16.3. The molecule has 0 aliphatic heterocycles. The second-order valence-electron chi connectivity index (χ2n) is 8.95. The number of pyridine rings is 3. The molecule has 0 radical (unpaired) electrons. The minimum absolute atomic E-state index is 0.0437. The van der Waals surface area contributed by atoms with Gasteiger partial charge in [-0.25, -0.2) is 9.97 Å². The van der Waals surface area contributed by atoms with Crippen molar-refractivity contribution in [2.24, 2.45) is 5.92 Å². The van der Waals surface area contributed by atoms with E-state index < -0.39 is 0 Å². The van der Waals surface area contributed by atoms with Gasteiger partial charge in [0.15, 0.2) is 11.5 Å². The van der Waals surface area contributed by atoms with Crippen LogP contribution in [0.2, 0.25) is 0 Å². The van der Waals surface area contributed by atoms with Gasteiger partial charge in [-0.05, 0) is 30.2 Å². The number of imidazole rings is 1. The van der Waals surface area contributed by atoms with Gasteiger partial charge in [-0.3, -0.25) is 19.9 Å². The Morgan fingerprint density at radius 1 is 1.11 bits per heavy atom. The highest BCUT2D eigenvalue weighted by Crippen LogP contribution is 2.32. The number of carbonyl (C=O) groups excluding carboxylic acids is 1. The Bertz CT molecular complexity index is 1700. The zero-order chi connectivity index (χ0) is 24.6. The van der Waals surface area contributed by atoms with E-state index in [0.717, 1.165) is 33.1 Å². The van der Waals surface area contributed by atoms with E-state index in [0.29, 0.717) is 35.0 Å². The molecule has 0 aliphatic rings. The minimum Gasteiger partial charge on any atom is -0.472 e. The zero-order valence-corrected chi connectivity index (χ0v) is 19.6. The summed E-state index contributed by atoms with van der Waals surface area (Å²) < 4.78 is 5.25. The Hall–Kier alpha value is -4.86. The predicted octanol–water partition coefficient (Wildman–Crippen LogP) is 5.20. The van der Waals surface area contributed by atoms with Gasteiger partial charge in [0.25, 0.3) is 0 Å². The first kappa shape index (κ1) is 21.7. The number of fused-ring (bicyclic) bond motifs is 2.